The smallest absolute Gasteiger partial charge is 0.344 e. The zero-order valence-electron chi connectivity index (χ0n) is 13.0. The quantitative estimate of drug-likeness (QED) is 0.716. The Labute approximate surface area is 152 Å². The molecule has 1 N–H and O–H groups in total. The topological polar surface area (TPSA) is 76.7 Å². The van der Waals surface area contributed by atoms with Crippen molar-refractivity contribution in [3.05, 3.63) is 62.7 Å². The van der Waals surface area contributed by atoms with Crippen LogP contribution in [-0.4, -0.2) is 17.2 Å². The Morgan fingerprint density at radius 1 is 1.20 bits per heavy atom. The second-order valence-electron chi connectivity index (χ2n) is 5.31. The monoisotopic (exact) mass is 378 g/mol. The van der Waals surface area contributed by atoms with Crippen molar-refractivity contribution in [1.29, 1.82) is 0 Å². The summed E-state index contributed by atoms with van der Waals surface area (Å²) in [5.41, 5.74) is 0.237. The summed E-state index contributed by atoms with van der Waals surface area (Å²) in [6.07, 6.45) is -1.24. The van der Waals surface area contributed by atoms with Gasteiger partial charge in [0, 0.05) is 10.6 Å². The fourth-order valence-electron chi connectivity index (χ4n) is 2.31. The van der Waals surface area contributed by atoms with Crippen LogP contribution in [0.25, 0.3) is 22.3 Å². The second kappa shape index (κ2) is 6.78. The summed E-state index contributed by atoms with van der Waals surface area (Å²) in [6.45, 7) is 1.32. The van der Waals surface area contributed by atoms with Crippen molar-refractivity contribution in [2.45, 2.75) is 13.0 Å². The number of fused-ring (bicyclic) bond motifs is 1. The van der Waals surface area contributed by atoms with Crippen LogP contribution in [0.1, 0.15) is 6.92 Å². The Kier molecular flexibility index (Phi) is 4.70. The molecule has 0 saturated carbocycles. The minimum atomic E-state index is -1.24. The lowest BCUT2D eigenvalue weighted by Crippen LogP contribution is -2.26. The van der Waals surface area contributed by atoms with Crippen molar-refractivity contribution >= 4 is 40.1 Å². The first kappa shape index (κ1) is 17.3. The standard InChI is InChI=1S/C18H12Cl2O5/c1-9(18(22)23)24-17-15(21)12-4-2-3-5-14(12)25-16(17)11-7-6-10(19)8-13(11)20/h2-9H,1H3,(H,22,23). The van der Waals surface area contributed by atoms with Gasteiger partial charge in [0.1, 0.15) is 5.58 Å². The number of carbonyl (C=O) groups is 1. The van der Waals surface area contributed by atoms with Crippen molar-refractivity contribution in [3.8, 4) is 17.1 Å². The van der Waals surface area contributed by atoms with E-state index < -0.39 is 17.5 Å². The Morgan fingerprint density at radius 2 is 1.92 bits per heavy atom. The maximum absolute atomic E-state index is 12.8. The number of hydrogen-bond acceptors (Lipinski definition) is 4. The van der Waals surface area contributed by atoms with Crippen LogP contribution in [0.4, 0.5) is 0 Å². The van der Waals surface area contributed by atoms with Gasteiger partial charge >= 0.3 is 5.97 Å². The predicted molar refractivity (Wildman–Crippen MR) is 95.7 cm³/mol. The van der Waals surface area contributed by atoms with Gasteiger partial charge in [0.2, 0.25) is 11.2 Å². The lowest BCUT2D eigenvalue weighted by Gasteiger charge is -2.15. The summed E-state index contributed by atoms with van der Waals surface area (Å²) >= 11 is 12.1. The summed E-state index contributed by atoms with van der Waals surface area (Å²) in [7, 11) is 0. The molecule has 0 aliphatic carbocycles. The molecule has 0 saturated heterocycles. The maximum atomic E-state index is 12.8. The molecule has 0 aliphatic heterocycles. The summed E-state index contributed by atoms with van der Waals surface area (Å²) in [5.74, 6) is -1.36. The van der Waals surface area contributed by atoms with Gasteiger partial charge in [0.15, 0.2) is 11.9 Å². The Hall–Kier alpha value is -2.50. The van der Waals surface area contributed by atoms with Crippen LogP contribution in [0.5, 0.6) is 5.75 Å². The van der Waals surface area contributed by atoms with Crippen LogP contribution in [0.3, 0.4) is 0 Å². The summed E-state index contributed by atoms with van der Waals surface area (Å²) in [4.78, 5) is 23.9. The van der Waals surface area contributed by atoms with E-state index in [1.165, 1.54) is 13.0 Å². The van der Waals surface area contributed by atoms with Crippen molar-refractivity contribution in [2.24, 2.45) is 0 Å². The number of rotatable bonds is 4. The first-order valence-corrected chi connectivity index (χ1v) is 8.05. The third kappa shape index (κ3) is 3.34. The average molecular weight is 379 g/mol. The molecule has 0 radical (unpaired) electrons. The maximum Gasteiger partial charge on any atom is 0.344 e. The van der Waals surface area contributed by atoms with Gasteiger partial charge in [-0.15, -0.1) is 0 Å². The minimum Gasteiger partial charge on any atom is -0.479 e. The van der Waals surface area contributed by atoms with E-state index in [0.717, 1.165) is 0 Å². The van der Waals surface area contributed by atoms with E-state index in [0.29, 0.717) is 16.2 Å². The van der Waals surface area contributed by atoms with Crippen molar-refractivity contribution in [2.75, 3.05) is 0 Å². The molecule has 128 valence electrons. The van der Waals surface area contributed by atoms with Crippen molar-refractivity contribution in [1.82, 2.24) is 0 Å². The summed E-state index contributed by atoms with van der Waals surface area (Å²) < 4.78 is 11.2. The molecular formula is C18H12Cl2O5. The number of ether oxygens (including phenoxy) is 1. The SMILES string of the molecule is CC(Oc1c(-c2ccc(Cl)cc2Cl)oc2ccccc2c1=O)C(=O)O. The highest BCUT2D eigenvalue weighted by Crippen LogP contribution is 2.36. The first-order chi connectivity index (χ1) is 11.9. The van der Waals surface area contributed by atoms with Gasteiger partial charge in [0.05, 0.1) is 10.4 Å². The van der Waals surface area contributed by atoms with E-state index in [1.807, 2.05) is 0 Å². The van der Waals surface area contributed by atoms with E-state index >= 15 is 0 Å². The zero-order chi connectivity index (χ0) is 18.1. The molecule has 0 fully saturated rings. The Morgan fingerprint density at radius 3 is 2.60 bits per heavy atom. The molecule has 1 unspecified atom stereocenters. The third-order valence-corrected chi connectivity index (χ3v) is 4.12. The van der Waals surface area contributed by atoms with Crippen molar-refractivity contribution < 1.29 is 19.1 Å². The molecular weight excluding hydrogens is 367 g/mol. The van der Waals surface area contributed by atoms with Gasteiger partial charge in [-0.2, -0.15) is 0 Å². The zero-order valence-corrected chi connectivity index (χ0v) is 14.5. The number of benzene rings is 2. The van der Waals surface area contributed by atoms with Gasteiger partial charge in [-0.05, 0) is 37.3 Å². The molecule has 1 atom stereocenters. The Balaban J connectivity index is 2.31. The van der Waals surface area contributed by atoms with Gasteiger partial charge in [-0.3, -0.25) is 4.79 Å². The molecule has 5 nitrogen and oxygen atoms in total. The average Bonchev–Trinajstić information content (AvgIpc) is 2.57. The molecule has 7 heteroatoms. The van der Waals surface area contributed by atoms with Crippen LogP contribution >= 0.6 is 23.2 Å². The second-order valence-corrected chi connectivity index (χ2v) is 6.15. The van der Waals surface area contributed by atoms with E-state index in [9.17, 15) is 9.59 Å². The molecule has 1 heterocycles. The number of hydrogen-bond donors (Lipinski definition) is 1. The number of carboxylic acid groups (broad SMARTS) is 1. The van der Waals surface area contributed by atoms with E-state index in [-0.39, 0.29) is 21.9 Å². The highest BCUT2D eigenvalue weighted by atomic mass is 35.5. The predicted octanol–water partition coefficient (Wildman–Crippen LogP) is 4.62. The van der Waals surface area contributed by atoms with Crippen molar-refractivity contribution in [3.63, 3.8) is 0 Å². The molecule has 3 rings (SSSR count). The fraction of sp³-hybridized carbons (Fsp3) is 0.111. The normalized spacial score (nSPS) is 12.1. The van der Waals surface area contributed by atoms with E-state index in [2.05, 4.69) is 0 Å². The number of aliphatic carboxylic acids is 1. The summed E-state index contributed by atoms with van der Waals surface area (Å²) in [6, 6.07) is 11.3. The van der Waals surface area contributed by atoms with Gasteiger partial charge in [-0.25, -0.2) is 4.79 Å². The summed E-state index contributed by atoms with van der Waals surface area (Å²) in [5, 5.41) is 10.0. The Bertz CT molecular complexity index is 1030. The fourth-order valence-corrected chi connectivity index (χ4v) is 2.80. The van der Waals surface area contributed by atoms with Gasteiger partial charge in [0.25, 0.3) is 0 Å². The highest BCUT2D eigenvalue weighted by molar-refractivity contribution is 6.36. The lowest BCUT2D eigenvalue weighted by atomic mass is 10.1. The molecule has 25 heavy (non-hydrogen) atoms. The van der Waals surface area contributed by atoms with Crippen LogP contribution in [0.15, 0.2) is 51.7 Å². The van der Waals surface area contributed by atoms with E-state index in [1.54, 1.807) is 36.4 Å². The van der Waals surface area contributed by atoms with Crippen LogP contribution in [0, 0.1) is 0 Å². The van der Waals surface area contributed by atoms with Crippen LogP contribution in [0.2, 0.25) is 10.0 Å². The molecule has 2 aromatic carbocycles. The van der Waals surface area contributed by atoms with Gasteiger partial charge < -0.3 is 14.3 Å². The first-order valence-electron chi connectivity index (χ1n) is 7.29. The molecule has 0 spiro atoms. The molecule has 1 aromatic heterocycles. The number of para-hydroxylation sites is 1. The molecule has 0 amide bonds. The van der Waals surface area contributed by atoms with E-state index in [4.69, 9.17) is 37.5 Å². The molecule has 0 aliphatic rings. The highest BCUT2D eigenvalue weighted by Gasteiger charge is 2.23. The third-order valence-electron chi connectivity index (χ3n) is 3.57. The molecule has 3 aromatic rings. The van der Waals surface area contributed by atoms with Crippen LogP contribution in [-0.2, 0) is 4.79 Å². The van der Waals surface area contributed by atoms with Crippen LogP contribution < -0.4 is 10.2 Å². The lowest BCUT2D eigenvalue weighted by molar-refractivity contribution is -0.144. The largest absolute Gasteiger partial charge is 0.479 e. The minimum absolute atomic E-state index is 0.0541. The molecule has 0 bridgehead atoms. The van der Waals surface area contributed by atoms with Gasteiger partial charge in [-0.1, -0.05) is 35.3 Å². The number of carboxylic acids is 1. The number of halogens is 2.